The molecule has 1 N–H and O–H groups in total. The summed E-state index contributed by atoms with van der Waals surface area (Å²) in [6.07, 6.45) is 0. The SMILES string of the molecule is COc1cccc(CNC(=O)c2ccccc2S(=O)(=O)N2CCOCC2)c1OC. The third-order valence-electron chi connectivity index (χ3n) is 4.64. The normalized spacial score (nSPS) is 15.0. The highest BCUT2D eigenvalue weighted by atomic mass is 32.2. The number of nitrogens with zero attached hydrogens (tertiary/aromatic N) is 1. The highest BCUT2D eigenvalue weighted by molar-refractivity contribution is 7.89. The molecule has 0 unspecified atom stereocenters. The van der Waals surface area contributed by atoms with E-state index in [0.29, 0.717) is 30.3 Å². The van der Waals surface area contributed by atoms with E-state index in [-0.39, 0.29) is 30.1 Å². The van der Waals surface area contributed by atoms with Crippen LogP contribution in [0.5, 0.6) is 11.5 Å². The van der Waals surface area contributed by atoms with Gasteiger partial charge in [0.05, 0.1) is 37.9 Å². The molecule has 0 radical (unpaired) electrons. The van der Waals surface area contributed by atoms with Crippen LogP contribution in [0.25, 0.3) is 0 Å². The van der Waals surface area contributed by atoms with E-state index in [1.165, 1.54) is 30.7 Å². The lowest BCUT2D eigenvalue weighted by Gasteiger charge is -2.26. The molecule has 3 rings (SSSR count). The molecular formula is C20H24N2O6S. The van der Waals surface area contributed by atoms with Crippen molar-refractivity contribution in [2.75, 3.05) is 40.5 Å². The Morgan fingerprint density at radius 3 is 2.48 bits per heavy atom. The quantitative estimate of drug-likeness (QED) is 0.732. The summed E-state index contributed by atoms with van der Waals surface area (Å²) in [5.74, 6) is 0.585. The molecule has 0 atom stereocenters. The Kier molecular flexibility index (Phi) is 6.73. The number of carbonyl (C=O) groups is 1. The highest BCUT2D eigenvalue weighted by Gasteiger charge is 2.30. The van der Waals surface area contributed by atoms with Crippen molar-refractivity contribution in [1.82, 2.24) is 9.62 Å². The highest BCUT2D eigenvalue weighted by Crippen LogP contribution is 2.30. The average molecular weight is 420 g/mol. The van der Waals surface area contributed by atoms with Crippen LogP contribution in [0.4, 0.5) is 0 Å². The molecule has 1 saturated heterocycles. The predicted octanol–water partition coefficient (Wildman–Crippen LogP) is 1.65. The lowest BCUT2D eigenvalue weighted by molar-refractivity contribution is 0.0730. The summed E-state index contributed by atoms with van der Waals surface area (Å²) in [6, 6.07) is 11.6. The van der Waals surface area contributed by atoms with E-state index in [4.69, 9.17) is 14.2 Å². The first kappa shape index (κ1) is 21.1. The second-order valence-electron chi connectivity index (χ2n) is 6.35. The second-order valence-corrected chi connectivity index (χ2v) is 8.25. The number of methoxy groups -OCH3 is 2. The van der Waals surface area contributed by atoms with Gasteiger partial charge in [-0.05, 0) is 18.2 Å². The van der Waals surface area contributed by atoms with E-state index in [0.717, 1.165) is 0 Å². The Bertz CT molecular complexity index is 971. The number of nitrogens with one attached hydrogen (secondary N) is 1. The molecule has 1 amide bonds. The zero-order valence-electron chi connectivity index (χ0n) is 16.4. The fraction of sp³-hybridized carbons (Fsp3) is 0.350. The van der Waals surface area contributed by atoms with Gasteiger partial charge in [0.25, 0.3) is 5.91 Å². The summed E-state index contributed by atoms with van der Waals surface area (Å²) in [5, 5.41) is 2.77. The van der Waals surface area contributed by atoms with Crippen LogP contribution in [0.15, 0.2) is 47.4 Å². The molecule has 1 aliphatic rings. The van der Waals surface area contributed by atoms with Gasteiger partial charge in [0.15, 0.2) is 11.5 Å². The van der Waals surface area contributed by atoms with Gasteiger partial charge in [-0.2, -0.15) is 4.31 Å². The third kappa shape index (κ3) is 4.52. The molecule has 2 aromatic rings. The van der Waals surface area contributed by atoms with E-state index in [2.05, 4.69) is 5.32 Å². The van der Waals surface area contributed by atoms with Crippen molar-refractivity contribution in [2.45, 2.75) is 11.4 Å². The molecule has 29 heavy (non-hydrogen) atoms. The number of para-hydroxylation sites is 1. The van der Waals surface area contributed by atoms with Gasteiger partial charge in [-0.1, -0.05) is 24.3 Å². The number of hydrogen-bond acceptors (Lipinski definition) is 6. The van der Waals surface area contributed by atoms with Crippen LogP contribution < -0.4 is 14.8 Å². The average Bonchev–Trinajstić information content (AvgIpc) is 2.77. The zero-order valence-corrected chi connectivity index (χ0v) is 17.2. The second kappa shape index (κ2) is 9.25. The van der Waals surface area contributed by atoms with Crippen LogP contribution in [-0.2, 0) is 21.3 Å². The minimum absolute atomic E-state index is 0.0167. The van der Waals surface area contributed by atoms with Gasteiger partial charge in [-0.3, -0.25) is 4.79 Å². The van der Waals surface area contributed by atoms with Crippen LogP contribution in [0.2, 0.25) is 0 Å². The monoisotopic (exact) mass is 420 g/mol. The van der Waals surface area contributed by atoms with Gasteiger partial charge in [0.2, 0.25) is 10.0 Å². The number of benzene rings is 2. The maximum atomic E-state index is 13.0. The molecule has 0 bridgehead atoms. The first-order chi connectivity index (χ1) is 14.0. The summed E-state index contributed by atoms with van der Waals surface area (Å²) in [7, 11) is -0.740. The van der Waals surface area contributed by atoms with E-state index >= 15 is 0 Å². The Labute approximate surface area is 170 Å². The van der Waals surface area contributed by atoms with Crippen molar-refractivity contribution in [1.29, 1.82) is 0 Å². The third-order valence-corrected chi connectivity index (χ3v) is 6.60. The number of carbonyl (C=O) groups excluding carboxylic acids is 1. The van der Waals surface area contributed by atoms with E-state index < -0.39 is 15.9 Å². The molecular weight excluding hydrogens is 396 g/mol. The lowest BCUT2D eigenvalue weighted by atomic mass is 10.1. The van der Waals surface area contributed by atoms with Gasteiger partial charge < -0.3 is 19.5 Å². The molecule has 8 nitrogen and oxygen atoms in total. The predicted molar refractivity (Wildman–Crippen MR) is 107 cm³/mol. The number of hydrogen-bond donors (Lipinski definition) is 1. The Morgan fingerprint density at radius 2 is 1.79 bits per heavy atom. The van der Waals surface area contributed by atoms with Crippen molar-refractivity contribution in [3.8, 4) is 11.5 Å². The van der Waals surface area contributed by atoms with Crippen LogP contribution in [0.3, 0.4) is 0 Å². The molecule has 1 heterocycles. The van der Waals surface area contributed by atoms with Gasteiger partial charge in [-0.15, -0.1) is 0 Å². The van der Waals surface area contributed by atoms with Gasteiger partial charge in [0, 0.05) is 25.2 Å². The summed E-state index contributed by atoms with van der Waals surface area (Å²) in [6.45, 7) is 1.36. The van der Waals surface area contributed by atoms with Crippen molar-refractivity contribution in [3.63, 3.8) is 0 Å². The van der Waals surface area contributed by atoms with Crippen molar-refractivity contribution < 1.29 is 27.4 Å². The Balaban J connectivity index is 1.83. The van der Waals surface area contributed by atoms with E-state index in [1.54, 1.807) is 30.3 Å². The maximum Gasteiger partial charge on any atom is 0.252 e. The van der Waals surface area contributed by atoms with Gasteiger partial charge in [-0.25, -0.2) is 8.42 Å². The maximum absolute atomic E-state index is 13.0. The lowest BCUT2D eigenvalue weighted by Crippen LogP contribution is -2.41. The minimum Gasteiger partial charge on any atom is -0.493 e. The molecule has 0 aromatic heterocycles. The summed E-state index contributed by atoms with van der Waals surface area (Å²) in [5.41, 5.74) is 0.814. The standard InChI is InChI=1S/C20H24N2O6S/c1-26-17-8-5-6-15(19(17)27-2)14-21-20(23)16-7-3-4-9-18(16)29(24,25)22-10-12-28-13-11-22/h3-9H,10-14H2,1-2H3,(H,21,23). The number of ether oxygens (including phenoxy) is 3. The molecule has 0 saturated carbocycles. The van der Waals surface area contributed by atoms with Crippen molar-refractivity contribution in [2.24, 2.45) is 0 Å². The number of amides is 1. The molecule has 9 heteroatoms. The molecule has 156 valence electrons. The van der Waals surface area contributed by atoms with E-state index in [1.807, 2.05) is 0 Å². The smallest absolute Gasteiger partial charge is 0.252 e. The van der Waals surface area contributed by atoms with Crippen LogP contribution >= 0.6 is 0 Å². The van der Waals surface area contributed by atoms with Crippen LogP contribution in [0, 0.1) is 0 Å². The molecule has 1 fully saturated rings. The molecule has 0 spiro atoms. The Hall–Kier alpha value is -2.62. The zero-order chi connectivity index (χ0) is 20.9. The topological polar surface area (TPSA) is 94.2 Å². The minimum atomic E-state index is -3.80. The Morgan fingerprint density at radius 1 is 1.07 bits per heavy atom. The molecule has 1 aliphatic heterocycles. The number of rotatable bonds is 7. The van der Waals surface area contributed by atoms with Crippen molar-refractivity contribution >= 4 is 15.9 Å². The first-order valence-corrected chi connectivity index (χ1v) is 10.6. The van der Waals surface area contributed by atoms with Gasteiger partial charge >= 0.3 is 0 Å². The molecule has 2 aromatic carbocycles. The summed E-state index contributed by atoms with van der Waals surface area (Å²) in [4.78, 5) is 12.8. The van der Waals surface area contributed by atoms with Crippen LogP contribution in [-0.4, -0.2) is 59.2 Å². The summed E-state index contributed by atoms with van der Waals surface area (Å²) >= 11 is 0. The largest absolute Gasteiger partial charge is 0.493 e. The number of sulfonamides is 1. The fourth-order valence-corrected chi connectivity index (χ4v) is 4.77. The van der Waals surface area contributed by atoms with Gasteiger partial charge in [0.1, 0.15) is 0 Å². The first-order valence-electron chi connectivity index (χ1n) is 9.14. The van der Waals surface area contributed by atoms with Crippen LogP contribution in [0.1, 0.15) is 15.9 Å². The molecule has 0 aliphatic carbocycles. The van der Waals surface area contributed by atoms with E-state index in [9.17, 15) is 13.2 Å². The fourth-order valence-electron chi connectivity index (χ4n) is 3.17. The van der Waals surface area contributed by atoms with Crippen molar-refractivity contribution in [3.05, 3.63) is 53.6 Å². The number of morpholine rings is 1. The summed E-state index contributed by atoms with van der Waals surface area (Å²) < 4.78 is 43.3.